The topological polar surface area (TPSA) is 66.4 Å². The highest BCUT2D eigenvalue weighted by Gasteiger charge is 2.10. The van der Waals surface area contributed by atoms with Gasteiger partial charge in [0.1, 0.15) is 5.82 Å². The standard InChI is InChI=1S/C12H14FNO3/c1-8(14-12(16)17)2-7-11(15)9-3-5-10(13)6-4-9/h3-6,8,14H,2,7H2,1H3,(H,16,17). The first kappa shape index (κ1) is 13.2. The fourth-order valence-electron chi connectivity index (χ4n) is 1.41. The molecule has 2 N–H and O–H groups in total. The van der Waals surface area contributed by atoms with Crippen LogP contribution in [0.4, 0.5) is 9.18 Å². The number of hydrogen-bond acceptors (Lipinski definition) is 2. The van der Waals surface area contributed by atoms with Crippen LogP contribution in [0.15, 0.2) is 24.3 Å². The highest BCUT2D eigenvalue weighted by atomic mass is 19.1. The quantitative estimate of drug-likeness (QED) is 0.775. The molecule has 1 amide bonds. The van der Waals surface area contributed by atoms with Gasteiger partial charge in [-0.3, -0.25) is 4.79 Å². The summed E-state index contributed by atoms with van der Waals surface area (Å²) in [5.41, 5.74) is 0.439. The molecule has 1 unspecified atom stereocenters. The van der Waals surface area contributed by atoms with Gasteiger partial charge in [-0.05, 0) is 37.6 Å². The van der Waals surface area contributed by atoms with Crippen molar-refractivity contribution in [2.75, 3.05) is 0 Å². The summed E-state index contributed by atoms with van der Waals surface area (Å²) in [6, 6.07) is 5.02. The zero-order valence-corrected chi connectivity index (χ0v) is 9.44. The molecule has 0 saturated heterocycles. The Hall–Kier alpha value is -1.91. The first-order valence-electron chi connectivity index (χ1n) is 5.27. The van der Waals surface area contributed by atoms with E-state index >= 15 is 0 Å². The van der Waals surface area contributed by atoms with E-state index in [0.717, 1.165) is 0 Å². The van der Waals surface area contributed by atoms with Crippen LogP contribution in [0.3, 0.4) is 0 Å². The van der Waals surface area contributed by atoms with Crippen molar-refractivity contribution < 1.29 is 19.1 Å². The molecule has 0 fully saturated rings. The van der Waals surface area contributed by atoms with Crippen molar-refractivity contribution in [1.29, 1.82) is 0 Å². The lowest BCUT2D eigenvalue weighted by Gasteiger charge is -2.10. The summed E-state index contributed by atoms with van der Waals surface area (Å²) in [6.07, 6.45) is -0.456. The van der Waals surface area contributed by atoms with Crippen molar-refractivity contribution in [3.8, 4) is 0 Å². The number of amides is 1. The Labute approximate surface area is 98.5 Å². The minimum absolute atomic E-state index is 0.121. The first-order chi connectivity index (χ1) is 7.99. The van der Waals surface area contributed by atoms with E-state index in [-0.39, 0.29) is 24.1 Å². The molecule has 92 valence electrons. The second-order valence-electron chi connectivity index (χ2n) is 3.82. The molecule has 0 aliphatic rings. The van der Waals surface area contributed by atoms with Crippen LogP contribution in [0.1, 0.15) is 30.1 Å². The fourth-order valence-corrected chi connectivity index (χ4v) is 1.41. The molecule has 1 atom stereocenters. The molecule has 17 heavy (non-hydrogen) atoms. The predicted molar refractivity (Wildman–Crippen MR) is 60.6 cm³/mol. The Kier molecular flexibility index (Phi) is 4.63. The minimum atomic E-state index is -1.10. The van der Waals surface area contributed by atoms with Gasteiger partial charge in [0.15, 0.2) is 5.78 Å². The van der Waals surface area contributed by atoms with Crippen molar-refractivity contribution in [2.45, 2.75) is 25.8 Å². The van der Waals surface area contributed by atoms with Gasteiger partial charge in [-0.15, -0.1) is 0 Å². The van der Waals surface area contributed by atoms with Crippen LogP contribution in [-0.4, -0.2) is 23.0 Å². The van der Waals surface area contributed by atoms with Gasteiger partial charge >= 0.3 is 6.09 Å². The molecule has 0 heterocycles. The van der Waals surface area contributed by atoms with E-state index in [1.165, 1.54) is 24.3 Å². The van der Waals surface area contributed by atoms with Gasteiger partial charge < -0.3 is 10.4 Å². The van der Waals surface area contributed by atoms with Crippen molar-refractivity contribution >= 4 is 11.9 Å². The van der Waals surface area contributed by atoms with Crippen molar-refractivity contribution in [1.82, 2.24) is 5.32 Å². The molecule has 0 aliphatic heterocycles. The molecular formula is C12H14FNO3. The average molecular weight is 239 g/mol. The Bertz CT molecular complexity index is 403. The third-order valence-electron chi connectivity index (χ3n) is 2.34. The van der Waals surface area contributed by atoms with E-state index in [9.17, 15) is 14.0 Å². The zero-order valence-electron chi connectivity index (χ0n) is 9.44. The largest absolute Gasteiger partial charge is 0.465 e. The number of benzene rings is 1. The number of carboxylic acid groups (broad SMARTS) is 1. The summed E-state index contributed by atoms with van der Waals surface area (Å²) >= 11 is 0. The van der Waals surface area contributed by atoms with E-state index < -0.39 is 6.09 Å². The van der Waals surface area contributed by atoms with Crippen molar-refractivity contribution in [3.05, 3.63) is 35.6 Å². The van der Waals surface area contributed by atoms with Crippen LogP contribution in [0.25, 0.3) is 0 Å². The maximum Gasteiger partial charge on any atom is 0.404 e. The fraction of sp³-hybridized carbons (Fsp3) is 0.333. The van der Waals surface area contributed by atoms with Gasteiger partial charge in [-0.25, -0.2) is 9.18 Å². The number of Topliss-reactive ketones (excluding diaryl/α,β-unsaturated/α-hetero) is 1. The molecule has 0 radical (unpaired) electrons. The summed E-state index contributed by atoms with van der Waals surface area (Å²) in [4.78, 5) is 22.0. The van der Waals surface area contributed by atoms with Gasteiger partial charge in [0.05, 0.1) is 0 Å². The molecule has 0 aliphatic carbocycles. The molecule has 1 aromatic carbocycles. The maximum atomic E-state index is 12.6. The van der Waals surface area contributed by atoms with E-state index in [1.807, 2.05) is 0 Å². The Balaban J connectivity index is 2.44. The third-order valence-corrected chi connectivity index (χ3v) is 2.34. The van der Waals surface area contributed by atoms with Gasteiger partial charge in [-0.1, -0.05) is 0 Å². The van der Waals surface area contributed by atoms with Gasteiger partial charge in [0, 0.05) is 18.0 Å². The molecule has 1 rings (SSSR count). The van der Waals surface area contributed by atoms with E-state index in [0.29, 0.717) is 12.0 Å². The van der Waals surface area contributed by atoms with Crippen molar-refractivity contribution in [2.24, 2.45) is 0 Å². The minimum Gasteiger partial charge on any atom is -0.465 e. The molecule has 0 spiro atoms. The van der Waals surface area contributed by atoms with Crippen LogP contribution >= 0.6 is 0 Å². The van der Waals surface area contributed by atoms with Crippen LogP contribution < -0.4 is 5.32 Å². The lowest BCUT2D eigenvalue weighted by Crippen LogP contribution is -2.31. The number of carbonyl (C=O) groups excluding carboxylic acids is 1. The number of nitrogens with one attached hydrogen (secondary N) is 1. The summed E-state index contributed by atoms with van der Waals surface area (Å²) in [7, 11) is 0. The number of rotatable bonds is 5. The highest BCUT2D eigenvalue weighted by molar-refractivity contribution is 5.96. The van der Waals surface area contributed by atoms with Crippen molar-refractivity contribution in [3.63, 3.8) is 0 Å². The third kappa shape index (κ3) is 4.63. The number of hydrogen-bond donors (Lipinski definition) is 2. The summed E-state index contributed by atoms with van der Waals surface area (Å²) in [5, 5.41) is 10.7. The first-order valence-corrected chi connectivity index (χ1v) is 5.27. The second kappa shape index (κ2) is 5.98. The molecule has 0 bridgehead atoms. The predicted octanol–water partition coefficient (Wildman–Crippen LogP) is 2.44. The monoisotopic (exact) mass is 239 g/mol. The normalized spacial score (nSPS) is 11.9. The summed E-state index contributed by atoms with van der Waals surface area (Å²) in [5.74, 6) is -0.508. The molecule has 1 aromatic rings. The molecule has 0 saturated carbocycles. The lowest BCUT2D eigenvalue weighted by molar-refractivity contribution is 0.0975. The average Bonchev–Trinajstić information content (AvgIpc) is 2.26. The SMILES string of the molecule is CC(CCC(=O)c1ccc(F)cc1)NC(=O)O. The van der Waals surface area contributed by atoms with Crippen LogP contribution in [-0.2, 0) is 0 Å². The highest BCUT2D eigenvalue weighted by Crippen LogP contribution is 2.08. The summed E-state index contributed by atoms with van der Waals surface area (Å²) in [6.45, 7) is 1.69. The van der Waals surface area contributed by atoms with Crippen LogP contribution in [0.5, 0.6) is 0 Å². The van der Waals surface area contributed by atoms with E-state index in [4.69, 9.17) is 5.11 Å². The second-order valence-corrected chi connectivity index (χ2v) is 3.82. The summed E-state index contributed by atoms with van der Waals surface area (Å²) < 4.78 is 12.6. The van der Waals surface area contributed by atoms with Crippen LogP contribution in [0, 0.1) is 5.82 Å². The number of halogens is 1. The Morgan fingerprint density at radius 2 is 1.94 bits per heavy atom. The number of carbonyl (C=O) groups is 2. The van der Waals surface area contributed by atoms with Gasteiger partial charge in [-0.2, -0.15) is 0 Å². The Morgan fingerprint density at radius 3 is 2.47 bits per heavy atom. The number of ketones is 1. The maximum absolute atomic E-state index is 12.6. The van der Waals surface area contributed by atoms with Crippen LogP contribution in [0.2, 0.25) is 0 Å². The van der Waals surface area contributed by atoms with Gasteiger partial charge in [0.25, 0.3) is 0 Å². The smallest absolute Gasteiger partial charge is 0.404 e. The molecule has 0 aromatic heterocycles. The molecule has 4 nitrogen and oxygen atoms in total. The molecular weight excluding hydrogens is 225 g/mol. The molecule has 5 heteroatoms. The zero-order chi connectivity index (χ0) is 12.8. The van der Waals surface area contributed by atoms with E-state index in [2.05, 4.69) is 5.32 Å². The Morgan fingerprint density at radius 1 is 1.35 bits per heavy atom. The van der Waals surface area contributed by atoms with E-state index in [1.54, 1.807) is 6.92 Å². The van der Waals surface area contributed by atoms with Gasteiger partial charge in [0.2, 0.25) is 0 Å². The lowest BCUT2D eigenvalue weighted by atomic mass is 10.0.